The van der Waals surface area contributed by atoms with Crippen molar-refractivity contribution in [3.63, 3.8) is 0 Å². The predicted octanol–water partition coefficient (Wildman–Crippen LogP) is 4.00. The minimum absolute atomic E-state index is 0.0387. The summed E-state index contributed by atoms with van der Waals surface area (Å²) in [6.45, 7) is 8.51. The molecule has 5 rings (SSSR count). The van der Waals surface area contributed by atoms with E-state index < -0.39 is 34.6 Å². The molecule has 14 heteroatoms. The van der Waals surface area contributed by atoms with Gasteiger partial charge in [0.15, 0.2) is 0 Å². The van der Waals surface area contributed by atoms with Crippen molar-refractivity contribution in [3.8, 4) is 11.3 Å². The van der Waals surface area contributed by atoms with Gasteiger partial charge in [-0.25, -0.2) is 14.4 Å². The number of likely N-dealkylation sites (N-methyl/N-ethyl adjacent to an activating group) is 1. The minimum atomic E-state index is -4.95. The maximum Gasteiger partial charge on any atom is 0.417 e. The molecule has 2 aromatic heterocycles. The van der Waals surface area contributed by atoms with E-state index in [4.69, 9.17) is 4.74 Å². The molecule has 2 N–H and O–H groups in total. The first-order valence-corrected chi connectivity index (χ1v) is 13.9. The molecule has 3 aromatic rings. The summed E-state index contributed by atoms with van der Waals surface area (Å²) in [6, 6.07) is 4.67. The standard InChI is InChI=1S/C29H33F4N7O3/c1-16-13-40(14-17(2)38(16)4)25-11-22(30)19(23-5-6-34-28(37-23)39-7-8-43-18(3)15-39)9-24(25)36-27(42)20-12-35-26(41)10-21(20)29(31,32)33/h5-6,9-12,16-18H,7-8,13-15H2,1-4H3,(H,35,41)(H,36,42). The number of piperazine rings is 1. The van der Waals surface area contributed by atoms with Crippen LogP contribution in [0.2, 0.25) is 0 Å². The zero-order valence-corrected chi connectivity index (χ0v) is 24.2. The van der Waals surface area contributed by atoms with Crippen LogP contribution in [0.15, 0.2) is 41.5 Å². The van der Waals surface area contributed by atoms with Crippen molar-refractivity contribution in [2.75, 3.05) is 55.0 Å². The third kappa shape index (κ3) is 6.49. The topological polar surface area (TPSA) is 107 Å². The molecule has 2 fully saturated rings. The van der Waals surface area contributed by atoms with E-state index in [1.807, 2.05) is 37.6 Å². The number of pyridine rings is 1. The Balaban J connectivity index is 1.58. The summed E-state index contributed by atoms with van der Waals surface area (Å²) in [4.78, 5) is 42.0. The summed E-state index contributed by atoms with van der Waals surface area (Å²) < 4.78 is 62.7. The first-order valence-electron chi connectivity index (χ1n) is 13.9. The van der Waals surface area contributed by atoms with E-state index in [0.717, 1.165) is 6.20 Å². The Hall–Kier alpha value is -4.04. The van der Waals surface area contributed by atoms with Gasteiger partial charge in [0.05, 0.1) is 40.9 Å². The Kier molecular flexibility index (Phi) is 8.43. The summed E-state index contributed by atoms with van der Waals surface area (Å²) in [5.74, 6) is -1.35. The smallest absolute Gasteiger partial charge is 0.375 e. The van der Waals surface area contributed by atoms with E-state index >= 15 is 4.39 Å². The zero-order valence-electron chi connectivity index (χ0n) is 24.2. The fourth-order valence-corrected chi connectivity index (χ4v) is 5.46. The number of nitrogens with zero attached hydrogens (tertiary/aromatic N) is 5. The first-order chi connectivity index (χ1) is 20.3. The molecule has 3 unspecified atom stereocenters. The highest BCUT2D eigenvalue weighted by atomic mass is 19.4. The van der Waals surface area contributed by atoms with Crippen molar-refractivity contribution in [1.82, 2.24) is 19.9 Å². The molecule has 0 saturated carbocycles. The van der Waals surface area contributed by atoms with Crippen LogP contribution >= 0.6 is 0 Å². The fourth-order valence-electron chi connectivity index (χ4n) is 5.46. The SMILES string of the molecule is CC1CN(c2nccc(-c3cc(NC(=O)c4c[nH]c(=O)cc4C(F)(F)F)c(N4CC(C)N(C)C(C)C4)cc3F)n2)CCO1. The van der Waals surface area contributed by atoms with Crippen LogP contribution in [0.4, 0.5) is 34.9 Å². The van der Waals surface area contributed by atoms with Gasteiger partial charge in [-0.05, 0) is 46.0 Å². The van der Waals surface area contributed by atoms with Gasteiger partial charge in [0, 0.05) is 62.3 Å². The van der Waals surface area contributed by atoms with Crippen LogP contribution in [-0.2, 0) is 10.9 Å². The number of halogens is 4. The number of ether oxygens (including phenoxy) is 1. The summed E-state index contributed by atoms with van der Waals surface area (Å²) in [6.07, 6.45) is -2.76. The van der Waals surface area contributed by atoms with E-state index in [1.54, 1.807) is 0 Å². The van der Waals surface area contributed by atoms with E-state index in [9.17, 15) is 22.8 Å². The Morgan fingerprint density at radius 3 is 2.49 bits per heavy atom. The van der Waals surface area contributed by atoms with Crippen LogP contribution in [0, 0.1) is 5.82 Å². The quantitative estimate of drug-likeness (QED) is 0.422. The van der Waals surface area contributed by atoms with Crippen molar-refractivity contribution in [1.29, 1.82) is 0 Å². The van der Waals surface area contributed by atoms with Crippen molar-refractivity contribution in [3.05, 3.63) is 64.0 Å². The monoisotopic (exact) mass is 603 g/mol. The largest absolute Gasteiger partial charge is 0.417 e. The second-order valence-corrected chi connectivity index (χ2v) is 11.1. The number of amides is 1. The highest BCUT2D eigenvalue weighted by molar-refractivity contribution is 6.07. The van der Waals surface area contributed by atoms with Crippen LogP contribution < -0.4 is 20.7 Å². The van der Waals surface area contributed by atoms with Gasteiger partial charge >= 0.3 is 6.18 Å². The predicted molar refractivity (Wildman–Crippen MR) is 154 cm³/mol. The third-order valence-corrected chi connectivity index (χ3v) is 7.95. The lowest BCUT2D eigenvalue weighted by atomic mass is 10.0. The van der Waals surface area contributed by atoms with E-state index in [1.165, 1.54) is 24.4 Å². The van der Waals surface area contributed by atoms with Gasteiger partial charge in [0.1, 0.15) is 5.82 Å². The second kappa shape index (κ2) is 11.9. The maximum atomic E-state index is 15.9. The molecule has 2 saturated heterocycles. The lowest BCUT2D eigenvalue weighted by Gasteiger charge is -2.44. The average Bonchev–Trinajstić information content (AvgIpc) is 2.96. The van der Waals surface area contributed by atoms with Crippen molar-refractivity contribution >= 4 is 23.2 Å². The Bertz CT molecular complexity index is 1550. The van der Waals surface area contributed by atoms with Gasteiger partial charge in [0.2, 0.25) is 11.5 Å². The number of carbonyl (C=O) groups excluding carboxylic acids is 1. The number of anilines is 3. The third-order valence-electron chi connectivity index (χ3n) is 7.95. The van der Waals surface area contributed by atoms with Gasteiger partial charge in [-0.2, -0.15) is 13.2 Å². The van der Waals surface area contributed by atoms with Crippen LogP contribution in [0.5, 0.6) is 0 Å². The minimum Gasteiger partial charge on any atom is -0.375 e. The van der Waals surface area contributed by atoms with Crippen LogP contribution in [-0.4, -0.2) is 83.8 Å². The van der Waals surface area contributed by atoms with Gasteiger partial charge in [-0.15, -0.1) is 0 Å². The van der Waals surface area contributed by atoms with Gasteiger partial charge in [-0.3, -0.25) is 14.5 Å². The van der Waals surface area contributed by atoms with Gasteiger partial charge in [0.25, 0.3) is 5.91 Å². The van der Waals surface area contributed by atoms with Gasteiger partial charge in [-0.1, -0.05) is 0 Å². The zero-order chi connectivity index (χ0) is 31.1. The molecule has 2 aliphatic heterocycles. The molecule has 0 spiro atoms. The molecule has 43 heavy (non-hydrogen) atoms. The number of morpholine rings is 1. The molecule has 1 aromatic carbocycles. The Morgan fingerprint density at radius 2 is 1.81 bits per heavy atom. The number of alkyl halides is 3. The first kappa shape index (κ1) is 30.4. The van der Waals surface area contributed by atoms with E-state index in [0.29, 0.717) is 50.5 Å². The van der Waals surface area contributed by atoms with Gasteiger partial charge < -0.3 is 24.8 Å². The Morgan fingerprint density at radius 1 is 1.09 bits per heavy atom. The van der Waals surface area contributed by atoms with Crippen LogP contribution in [0.3, 0.4) is 0 Å². The number of aromatic amines is 1. The summed E-state index contributed by atoms with van der Waals surface area (Å²) in [7, 11) is 1.98. The van der Waals surface area contributed by atoms with Crippen LogP contribution in [0.1, 0.15) is 36.7 Å². The van der Waals surface area contributed by atoms with Crippen molar-refractivity contribution < 1.29 is 27.1 Å². The van der Waals surface area contributed by atoms with Crippen molar-refractivity contribution in [2.24, 2.45) is 0 Å². The molecular formula is C29H33F4N7O3. The number of aromatic nitrogens is 3. The molecule has 1 amide bonds. The molecule has 0 bridgehead atoms. The van der Waals surface area contributed by atoms with Crippen LogP contribution in [0.25, 0.3) is 11.3 Å². The number of nitrogens with one attached hydrogen (secondary N) is 2. The molecule has 2 aliphatic rings. The Labute approximate surface area is 245 Å². The number of carbonyl (C=O) groups is 1. The molecule has 4 heterocycles. The summed E-state index contributed by atoms with van der Waals surface area (Å²) >= 11 is 0. The lowest BCUT2D eigenvalue weighted by Crippen LogP contribution is -2.55. The lowest BCUT2D eigenvalue weighted by molar-refractivity contribution is -0.138. The number of rotatable bonds is 5. The summed E-state index contributed by atoms with van der Waals surface area (Å²) in [5.41, 5.74) is -2.45. The average molecular weight is 604 g/mol. The van der Waals surface area contributed by atoms with E-state index in [2.05, 4.69) is 25.2 Å². The number of hydrogen-bond donors (Lipinski definition) is 2. The number of hydrogen-bond acceptors (Lipinski definition) is 8. The maximum absolute atomic E-state index is 15.9. The molecule has 0 aliphatic carbocycles. The normalized spacial score (nSPS) is 21.6. The molecular weight excluding hydrogens is 570 g/mol. The van der Waals surface area contributed by atoms with E-state index in [-0.39, 0.29) is 35.1 Å². The molecule has 10 nitrogen and oxygen atoms in total. The highest BCUT2D eigenvalue weighted by Gasteiger charge is 2.36. The molecule has 230 valence electrons. The number of benzene rings is 1. The molecule has 0 radical (unpaired) electrons. The molecule has 3 atom stereocenters. The summed E-state index contributed by atoms with van der Waals surface area (Å²) in [5, 5.41) is 2.56. The highest BCUT2D eigenvalue weighted by Crippen LogP contribution is 2.37. The fraction of sp³-hybridized carbons (Fsp3) is 0.448. The van der Waals surface area contributed by atoms with Crippen molar-refractivity contribution in [2.45, 2.75) is 45.1 Å². The second-order valence-electron chi connectivity index (χ2n) is 11.1. The number of H-pyrrole nitrogens is 1.